The number of carbonyl (C=O) groups excluding carboxylic acids is 1. The molecular formula is C15H19ClO5. The van der Waals surface area contributed by atoms with E-state index < -0.39 is 17.5 Å². The van der Waals surface area contributed by atoms with Crippen molar-refractivity contribution >= 4 is 23.7 Å². The predicted octanol–water partition coefficient (Wildman–Crippen LogP) is 3.78. The minimum absolute atomic E-state index is 0.122. The minimum atomic E-state index is -1.01. The lowest BCUT2D eigenvalue weighted by molar-refractivity contribution is 0.0322. The normalized spacial score (nSPS) is 11.0. The topological polar surface area (TPSA) is 72.8 Å². The number of carbonyl (C=O) groups is 2. The summed E-state index contributed by atoms with van der Waals surface area (Å²) in [5, 5.41) is 9.66. The number of ether oxygens (including phenoxy) is 2. The van der Waals surface area contributed by atoms with Gasteiger partial charge in [-0.1, -0.05) is 25.4 Å². The van der Waals surface area contributed by atoms with Crippen molar-refractivity contribution in [2.24, 2.45) is 5.41 Å². The van der Waals surface area contributed by atoms with E-state index in [0.717, 1.165) is 0 Å². The Hall–Kier alpha value is -1.75. The van der Waals surface area contributed by atoms with Crippen molar-refractivity contribution in [1.82, 2.24) is 0 Å². The minimum Gasteiger partial charge on any atom is -0.478 e. The SMILES string of the molecule is CCOC(=O)OCC(C)(C)Cc1cc(Cl)ccc1C(=O)O. The molecule has 6 heteroatoms. The molecule has 0 aliphatic carbocycles. The Morgan fingerprint density at radius 1 is 1.29 bits per heavy atom. The lowest BCUT2D eigenvalue weighted by Crippen LogP contribution is -2.25. The van der Waals surface area contributed by atoms with E-state index in [2.05, 4.69) is 0 Å². The summed E-state index contributed by atoms with van der Waals surface area (Å²) in [7, 11) is 0. The Labute approximate surface area is 128 Å². The third-order valence-electron chi connectivity index (χ3n) is 2.81. The van der Waals surface area contributed by atoms with Gasteiger partial charge < -0.3 is 14.6 Å². The maximum atomic E-state index is 11.2. The highest BCUT2D eigenvalue weighted by atomic mass is 35.5. The van der Waals surface area contributed by atoms with Crippen molar-refractivity contribution in [2.75, 3.05) is 13.2 Å². The van der Waals surface area contributed by atoms with Gasteiger partial charge in [-0.25, -0.2) is 9.59 Å². The first-order valence-corrected chi connectivity index (χ1v) is 6.94. The van der Waals surface area contributed by atoms with E-state index in [1.807, 2.05) is 13.8 Å². The summed E-state index contributed by atoms with van der Waals surface area (Å²) in [6, 6.07) is 4.63. The van der Waals surface area contributed by atoms with Crippen LogP contribution in [0.25, 0.3) is 0 Å². The van der Waals surface area contributed by atoms with Gasteiger partial charge in [-0.3, -0.25) is 0 Å². The fraction of sp³-hybridized carbons (Fsp3) is 0.467. The van der Waals surface area contributed by atoms with E-state index in [1.54, 1.807) is 13.0 Å². The number of halogens is 1. The first-order chi connectivity index (χ1) is 9.75. The number of aromatic carboxylic acids is 1. The lowest BCUT2D eigenvalue weighted by Gasteiger charge is -2.24. The summed E-state index contributed by atoms with van der Waals surface area (Å²) in [6.45, 7) is 5.81. The number of benzene rings is 1. The fourth-order valence-corrected chi connectivity index (χ4v) is 2.09. The molecule has 0 aromatic heterocycles. The summed E-state index contributed by atoms with van der Waals surface area (Å²) in [4.78, 5) is 22.4. The summed E-state index contributed by atoms with van der Waals surface area (Å²) in [5.41, 5.74) is 0.359. The van der Waals surface area contributed by atoms with Crippen LogP contribution in [0.1, 0.15) is 36.7 Å². The first kappa shape index (κ1) is 17.3. The van der Waals surface area contributed by atoms with Crippen LogP contribution < -0.4 is 0 Å². The zero-order valence-corrected chi connectivity index (χ0v) is 13.1. The molecule has 0 aliphatic rings. The largest absolute Gasteiger partial charge is 0.508 e. The standard InChI is InChI=1S/C15H19ClO5/c1-4-20-14(19)21-9-15(2,3)8-10-7-11(16)5-6-12(10)13(17)18/h5-7H,4,8-9H2,1-3H3,(H,17,18). The van der Waals surface area contributed by atoms with E-state index in [4.69, 9.17) is 21.1 Å². The molecule has 0 spiro atoms. The second-order valence-corrected chi connectivity index (χ2v) is 5.86. The lowest BCUT2D eigenvalue weighted by atomic mass is 9.85. The van der Waals surface area contributed by atoms with Gasteiger partial charge in [-0.05, 0) is 37.1 Å². The molecule has 116 valence electrons. The van der Waals surface area contributed by atoms with Gasteiger partial charge in [-0.2, -0.15) is 0 Å². The maximum Gasteiger partial charge on any atom is 0.508 e. The molecule has 0 radical (unpaired) electrons. The second kappa shape index (κ2) is 7.31. The molecule has 1 aromatic carbocycles. The Balaban J connectivity index is 2.81. The van der Waals surface area contributed by atoms with Gasteiger partial charge in [0.2, 0.25) is 0 Å². The predicted molar refractivity (Wildman–Crippen MR) is 78.9 cm³/mol. The molecule has 0 fully saturated rings. The Morgan fingerprint density at radius 2 is 1.95 bits per heavy atom. The van der Waals surface area contributed by atoms with Gasteiger partial charge in [0.15, 0.2) is 0 Å². The van der Waals surface area contributed by atoms with Crippen molar-refractivity contribution < 1.29 is 24.2 Å². The molecule has 0 saturated heterocycles. The van der Waals surface area contributed by atoms with E-state index in [0.29, 0.717) is 17.0 Å². The molecule has 0 aliphatic heterocycles. The van der Waals surface area contributed by atoms with Gasteiger partial charge in [0.05, 0.1) is 12.2 Å². The number of rotatable bonds is 6. The molecule has 21 heavy (non-hydrogen) atoms. The molecule has 0 atom stereocenters. The summed E-state index contributed by atoms with van der Waals surface area (Å²) < 4.78 is 9.70. The number of carboxylic acids is 1. The van der Waals surface area contributed by atoms with Crippen LogP contribution in [-0.4, -0.2) is 30.4 Å². The molecule has 1 aromatic rings. The highest BCUT2D eigenvalue weighted by molar-refractivity contribution is 6.30. The van der Waals surface area contributed by atoms with Gasteiger partial charge in [0.25, 0.3) is 0 Å². The molecule has 5 nitrogen and oxygen atoms in total. The van der Waals surface area contributed by atoms with Crippen molar-refractivity contribution in [1.29, 1.82) is 0 Å². The zero-order valence-electron chi connectivity index (χ0n) is 12.3. The Bertz CT molecular complexity index is 525. The molecule has 0 bridgehead atoms. The van der Waals surface area contributed by atoms with Crippen LogP contribution in [-0.2, 0) is 15.9 Å². The van der Waals surface area contributed by atoms with Crippen LogP contribution in [0.15, 0.2) is 18.2 Å². The summed E-state index contributed by atoms with van der Waals surface area (Å²) >= 11 is 5.92. The third kappa shape index (κ3) is 5.63. The first-order valence-electron chi connectivity index (χ1n) is 6.56. The average Bonchev–Trinajstić information content (AvgIpc) is 2.36. The van der Waals surface area contributed by atoms with Gasteiger partial charge in [0, 0.05) is 10.4 Å². The van der Waals surface area contributed by atoms with Crippen LogP contribution in [0.2, 0.25) is 5.02 Å². The van der Waals surface area contributed by atoms with E-state index in [9.17, 15) is 14.7 Å². The molecule has 1 N–H and O–H groups in total. The average molecular weight is 315 g/mol. The molecule has 0 amide bonds. The van der Waals surface area contributed by atoms with Crippen molar-refractivity contribution in [3.63, 3.8) is 0 Å². The monoisotopic (exact) mass is 314 g/mol. The van der Waals surface area contributed by atoms with Crippen LogP contribution >= 0.6 is 11.6 Å². The van der Waals surface area contributed by atoms with Crippen LogP contribution in [0.5, 0.6) is 0 Å². The van der Waals surface area contributed by atoms with Crippen molar-refractivity contribution in [2.45, 2.75) is 27.2 Å². The van der Waals surface area contributed by atoms with E-state index >= 15 is 0 Å². The molecular weight excluding hydrogens is 296 g/mol. The second-order valence-electron chi connectivity index (χ2n) is 5.42. The highest BCUT2D eigenvalue weighted by Crippen LogP contribution is 2.26. The van der Waals surface area contributed by atoms with Gasteiger partial charge in [0.1, 0.15) is 6.61 Å². The van der Waals surface area contributed by atoms with Gasteiger partial charge >= 0.3 is 12.1 Å². The fourth-order valence-electron chi connectivity index (χ4n) is 1.90. The summed E-state index contributed by atoms with van der Waals surface area (Å²) in [6.07, 6.45) is -0.315. The molecule has 0 unspecified atom stereocenters. The molecule has 1 rings (SSSR count). The van der Waals surface area contributed by atoms with Crippen molar-refractivity contribution in [3.8, 4) is 0 Å². The Morgan fingerprint density at radius 3 is 2.52 bits per heavy atom. The van der Waals surface area contributed by atoms with Crippen LogP contribution in [0.4, 0.5) is 4.79 Å². The highest BCUT2D eigenvalue weighted by Gasteiger charge is 2.24. The molecule has 0 heterocycles. The smallest absolute Gasteiger partial charge is 0.478 e. The van der Waals surface area contributed by atoms with Crippen molar-refractivity contribution in [3.05, 3.63) is 34.3 Å². The molecule has 0 saturated carbocycles. The quantitative estimate of drug-likeness (QED) is 0.809. The van der Waals surface area contributed by atoms with E-state index in [1.165, 1.54) is 12.1 Å². The number of carboxylic acid groups (broad SMARTS) is 1. The summed E-state index contributed by atoms with van der Waals surface area (Å²) in [5.74, 6) is -1.01. The van der Waals surface area contributed by atoms with Crippen LogP contribution in [0.3, 0.4) is 0 Å². The zero-order chi connectivity index (χ0) is 16.0. The maximum absolute atomic E-state index is 11.2. The third-order valence-corrected chi connectivity index (χ3v) is 3.04. The van der Waals surface area contributed by atoms with E-state index in [-0.39, 0.29) is 18.8 Å². The number of hydrogen-bond acceptors (Lipinski definition) is 4. The number of hydrogen-bond donors (Lipinski definition) is 1. The van der Waals surface area contributed by atoms with Crippen LogP contribution in [0, 0.1) is 5.41 Å². The van der Waals surface area contributed by atoms with Gasteiger partial charge in [-0.15, -0.1) is 0 Å². The Kier molecular flexibility index (Phi) is 6.03.